The monoisotopic (exact) mass is 386 g/mol. The molecule has 0 N–H and O–H groups in total. The van der Waals surface area contributed by atoms with Gasteiger partial charge >= 0.3 is 5.97 Å². The lowest BCUT2D eigenvalue weighted by Gasteiger charge is -2.08. The lowest BCUT2D eigenvalue weighted by Crippen LogP contribution is -2.14. The summed E-state index contributed by atoms with van der Waals surface area (Å²) in [5.41, 5.74) is 5.67. The van der Waals surface area contributed by atoms with Gasteiger partial charge in [0.2, 0.25) is 0 Å². The standard InChI is InChI=1S/C26H42O2/c1-21(2)11-8-12-22(3)13-9-14-23(4)15-10-16-24(5)19-20-28-26(27)25-17-6-7-18-25/h11,13,15,19,25H,6-10,12,14,16-18,20H2,1-5H3/b22-13+,23-15?,24-19+. The molecule has 0 radical (unpaired) electrons. The average Bonchev–Trinajstić information content (AvgIpc) is 3.16. The van der Waals surface area contributed by atoms with Gasteiger partial charge in [-0.3, -0.25) is 4.79 Å². The first-order valence-corrected chi connectivity index (χ1v) is 11.2. The second-order valence-corrected chi connectivity index (χ2v) is 8.66. The Morgan fingerprint density at radius 2 is 1.21 bits per heavy atom. The first kappa shape index (κ1) is 24.5. The molecule has 1 aliphatic carbocycles. The van der Waals surface area contributed by atoms with Crippen molar-refractivity contribution in [1.29, 1.82) is 0 Å². The molecule has 1 saturated carbocycles. The van der Waals surface area contributed by atoms with Crippen LogP contribution in [0, 0.1) is 5.92 Å². The van der Waals surface area contributed by atoms with Gasteiger partial charge in [0.15, 0.2) is 0 Å². The molecule has 1 aliphatic rings. The van der Waals surface area contributed by atoms with Crippen molar-refractivity contribution in [3.63, 3.8) is 0 Å². The molecule has 0 aromatic heterocycles. The van der Waals surface area contributed by atoms with E-state index in [1.807, 2.05) is 0 Å². The van der Waals surface area contributed by atoms with E-state index in [2.05, 4.69) is 58.9 Å². The predicted octanol–water partition coefficient (Wildman–Crippen LogP) is 7.87. The average molecular weight is 387 g/mol. The minimum Gasteiger partial charge on any atom is -0.461 e. The van der Waals surface area contributed by atoms with Crippen LogP contribution in [0.15, 0.2) is 46.6 Å². The van der Waals surface area contributed by atoms with Crippen LogP contribution in [-0.2, 0) is 9.53 Å². The molecule has 2 nitrogen and oxygen atoms in total. The van der Waals surface area contributed by atoms with Crippen molar-refractivity contribution in [2.45, 2.75) is 98.8 Å². The fourth-order valence-corrected chi connectivity index (χ4v) is 3.53. The second-order valence-electron chi connectivity index (χ2n) is 8.66. The summed E-state index contributed by atoms with van der Waals surface area (Å²) in [6.07, 6.45) is 20.2. The largest absolute Gasteiger partial charge is 0.461 e. The van der Waals surface area contributed by atoms with Crippen LogP contribution < -0.4 is 0 Å². The van der Waals surface area contributed by atoms with E-state index in [9.17, 15) is 4.79 Å². The Hall–Kier alpha value is -1.57. The summed E-state index contributed by atoms with van der Waals surface area (Å²) >= 11 is 0. The van der Waals surface area contributed by atoms with Gasteiger partial charge in [-0.1, -0.05) is 53.4 Å². The Bertz CT molecular complexity index is 580. The Morgan fingerprint density at radius 1 is 0.750 bits per heavy atom. The summed E-state index contributed by atoms with van der Waals surface area (Å²) in [5.74, 6) is 0.158. The van der Waals surface area contributed by atoms with Crippen LogP contribution in [0.1, 0.15) is 98.8 Å². The molecule has 1 fully saturated rings. The van der Waals surface area contributed by atoms with Crippen LogP contribution in [0.3, 0.4) is 0 Å². The lowest BCUT2D eigenvalue weighted by molar-refractivity contribution is -0.147. The third kappa shape index (κ3) is 12.0. The summed E-state index contributed by atoms with van der Waals surface area (Å²) < 4.78 is 5.40. The molecule has 0 bridgehead atoms. The van der Waals surface area contributed by atoms with E-state index in [0.29, 0.717) is 6.61 Å². The van der Waals surface area contributed by atoms with Gasteiger partial charge in [-0.05, 0) is 92.1 Å². The van der Waals surface area contributed by atoms with E-state index in [4.69, 9.17) is 4.74 Å². The molecule has 0 aliphatic heterocycles. The highest BCUT2D eigenvalue weighted by molar-refractivity contribution is 5.72. The van der Waals surface area contributed by atoms with Gasteiger partial charge in [0, 0.05) is 0 Å². The highest BCUT2D eigenvalue weighted by Crippen LogP contribution is 2.25. The van der Waals surface area contributed by atoms with E-state index in [1.165, 1.54) is 41.6 Å². The number of carbonyl (C=O) groups is 1. The minimum atomic E-state index is 0.00138. The predicted molar refractivity (Wildman–Crippen MR) is 121 cm³/mol. The van der Waals surface area contributed by atoms with Crippen molar-refractivity contribution in [1.82, 2.24) is 0 Å². The zero-order valence-corrected chi connectivity index (χ0v) is 19.0. The highest BCUT2D eigenvalue weighted by atomic mass is 16.5. The van der Waals surface area contributed by atoms with Crippen molar-refractivity contribution < 1.29 is 9.53 Å². The summed E-state index contributed by atoms with van der Waals surface area (Å²) in [5, 5.41) is 0. The molecule has 28 heavy (non-hydrogen) atoms. The zero-order valence-electron chi connectivity index (χ0n) is 19.0. The number of carbonyl (C=O) groups excluding carboxylic acids is 1. The molecule has 2 heteroatoms. The van der Waals surface area contributed by atoms with E-state index in [-0.39, 0.29) is 11.9 Å². The SMILES string of the molecule is CC(C)=CCC/C(C)=C/CCC(C)=CCC/C(C)=C/COC(=O)C1CCCC1. The van der Waals surface area contributed by atoms with Gasteiger partial charge in [-0.25, -0.2) is 0 Å². The maximum Gasteiger partial charge on any atom is 0.309 e. The molecule has 0 heterocycles. The van der Waals surface area contributed by atoms with Crippen LogP contribution in [0.4, 0.5) is 0 Å². The molecule has 0 aromatic rings. The fourth-order valence-electron chi connectivity index (χ4n) is 3.53. The van der Waals surface area contributed by atoms with E-state index < -0.39 is 0 Å². The molecule has 0 unspecified atom stereocenters. The third-order valence-electron chi connectivity index (χ3n) is 5.50. The highest BCUT2D eigenvalue weighted by Gasteiger charge is 2.23. The van der Waals surface area contributed by atoms with Crippen molar-refractivity contribution in [3.05, 3.63) is 46.6 Å². The Kier molecular flexibility index (Phi) is 12.6. The number of esters is 1. The van der Waals surface area contributed by atoms with Gasteiger partial charge in [0.25, 0.3) is 0 Å². The Morgan fingerprint density at radius 3 is 1.71 bits per heavy atom. The Balaban J connectivity index is 2.18. The third-order valence-corrected chi connectivity index (χ3v) is 5.50. The van der Waals surface area contributed by atoms with Gasteiger partial charge in [-0.15, -0.1) is 0 Å². The maximum absolute atomic E-state index is 11.9. The van der Waals surface area contributed by atoms with Crippen molar-refractivity contribution in [3.8, 4) is 0 Å². The van der Waals surface area contributed by atoms with E-state index in [0.717, 1.165) is 44.9 Å². The maximum atomic E-state index is 11.9. The molecule has 1 rings (SSSR count). The topological polar surface area (TPSA) is 26.3 Å². The van der Waals surface area contributed by atoms with Gasteiger partial charge < -0.3 is 4.74 Å². The molecule has 158 valence electrons. The quantitative estimate of drug-likeness (QED) is 0.252. The minimum absolute atomic E-state index is 0.00138. The number of hydrogen-bond acceptors (Lipinski definition) is 2. The smallest absolute Gasteiger partial charge is 0.309 e. The normalized spacial score (nSPS) is 16.4. The van der Waals surface area contributed by atoms with E-state index in [1.54, 1.807) is 0 Å². The van der Waals surface area contributed by atoms with Crippen LogP contribution in [-0.4, -0.2) is 12.6 Å². The molecular weight excluding hydrogens is 344 g/mol. The summed E-state index contributed by atoms with van der Waals surface area (Å²) in [6, 6.07) is 0. The number of rotatable bonds is 12. The molecule has 0 saturated heterocycles. The molecule has 0 spiro atoms. The second kappa shape index (κ2) is 14.4. The molecule has 0 atom stereocenters. The summed E-state index contributed by atoms with van der Waals surface area (Å²) in [6.45, 7) is 11.4. The first-order chi connectivity index (χ1) is 13.4. The lowest BCUT2D eigenvalue weighted by atomic mass is 10.0. The number of ether oxygens (including phenoxy) is 1. The molecule has 0 amide bonds. The number of allylic oxidation sites excluding steroid dienone is 7. The van der Waals surface area contributed by atoms with Crippen LogP contribution in [0.2, 0.25) is 0 Å². The van der Waals surface area contributed by atoms with Crippen molar-refractivity contribution in [2.24, 2.45) is 5.92 Å². The van der Waals surface area contributed by atoms with Crippen molar-refractivity contribution in [2.75, 3.05) is 6.61 Å². The Labute approximate surface area is 173 Å². The van der Waals surface area contributed by atoms with Gasteiger partial charge in [0.1, 0.15) is 6.61 Å². The first-order valence-electron chi connectivity index (χ1n) is 11.2. The van der Waals surface area contributed by atoms with Gasteiger partial charge in [-0.2, -0.15) is 0 Å². The summed E-state index contributed by atoms with van der Waals surface area (Å²) in [7, 11) is 0. The molecule has 0 aromatic carbocycles. The van der Waals surface area contributed by atoms with E-state index >= 15 is 0 Å². The fraction of sp³-hybridized carbons (Fsp3) is 0.654. The van der Waals surface area contributed by atoms with Crippen LogP contribution >= 0.6 is 0 Å². The molecular formula is C26H42O2. The summed E-state index contributed by atoms with van der Waals surface area (Å²) in [4.78, 5) is 11.9. The van der Waals surface area contributed by atoms with Crippen LogP contribution in [0.5, 0.6) is 0 Å². The van der Waals surface area contributed by atoms with Crippen molar-refractivity contribution >= 4 is 5.97 Å². The number of hydrogen-bond donors (Lipinski definition) is 0. The van der Waals surface area contributed by atoms with Gasteiger partial charge in [0.05, 0.1) is 5.92 Å². The zero-order chi connectivity index (χ0) is 20.8. The van der Waals surface area contributed by atoms with Crippen LogP contribution in [0.25, 0.3) is 0 Å².